The molecule has 0 amide bonds. The van der Waals surface area contributed by atoms with E-state index in [1.165, 1.54) is 32.1 Å². The van der Waals surface area contributed by atoms with Gasteiger partial charge >= 0.3 is 0 Å². The van der Waals surface area contributed by atoms with Gasteiger partial charge in [-0.1, -0.05) is 26.2 Å². The monoisotopic (exact) mass is 200 g/mol. The van der Waals surface area contributed by atoms with Crippen LogP contribution in [0.5, 0.6) is 0 Å². The Labute approximate surface area is 87.7 Å². The maximum Gasteiger partial charge on any atom is 0.0801 e. The lowest BCUT2D eigenvalue weighted by atomic mass is 9.85. The summed E-state index contributed by atoms with van der Waals surface area (Å²) in [5.41, 5.74) is 0. The van der Waals surface area contributed by atoms with Gasteiger partial charge in [0.25, 0.3) is 0 Å². The zero-order chi connectivity index (χ0) is 10.4. The topological polar surface area (TPSA) is 29.5 Å². The molecule has 0 heterocycles. The number of hydrogen-bond donors (Lipinski definition) is 1. The molecule has 0 spiro atoms. The highest BCUT2D eigenvalue weighted by Crippen LogP contribution is 2.26. The molecule has 0 aliphatic heterocycles. The average Bonchev–Trinajstić information content (AvgIpc) is 2.26. The summed E-state index contributed by atoms with van der Waals surface area (Å²) in [6, 6.07) is 0. The molecular weight excluding hydrogens is 176 g/mol. The van der Waals surface area contributed by atoms with Gasteiger partial charge in [-0.05, 0) is 32.1 Å². The van der Waals surface area contributed by atoms with Gasteiger partial charge in [0.2, 0.25) is 0 Å². The van der Waals surface area contributed by atoms with Crippen LogP contribution in [0, 0.1) is 5.92 Å². The van der Waals surface area contributed by atoms with Gasteiger partial charge in [-0.15, -0.1) is 0 Å². The molecule has 84 valence electrons. The Morgan fingerprint density at radius 2 is 1.93 bits per heavy atom. The summed E-state index contributed by atoms with van der Waals surface area (Å²) in [6.07, 6.45) is 7.36. The van der Waals surface area contributed by atoms with Crippen molar-refractivity contribution in [2.24, 2.45) is 5.92 Å². The standard InChI is InChI=1S/C12H24O2/c1-3-10(2)14-9-12(13)11-7-5-4-6-8-11/h10-13H,3-9H2,1-2H3. The van der Waals surface area contributed by atoms with Crippen molar-refractivity contribution in [2.45, 2.75) is 64.6 Å². The molecule has 0 saturated heterocycles. The fourth-order valence-electron chi connectivity index (χ4n) is 2.04. The predicted octanol–water partition coefficient (Wildman–Crippen LogP) is 2.74. The zero-order valence-corrected chi connectivity index (χ0v) is 9.54. The maximum absolute atomic E-state index is 9.89. The molecule has 2 unspecified atom stereocenters. The summed E-state index contributed by atoms with van der Waals surface area (Å²) in [6.45, 7) is 4.70. The van der Waals surface area contributed by atoms with Crippen molar-refractivity contribution in [2.75, 3.05) is 6.61 Å². The molecule has 0 radical (unpaired) electrons. The molecule has 2 nitrogen and oxygen atoms in total. The Morgan fingerprint density at radius 3 is 2.50 bits per heavy atom. The van der Waals surface area contributed by atoms with Gasteiger partial charge in [-0.3, -0.25) is 0 Å². The fourth-order valence-corrected chi connectivity index (χ4v) is 2.04. The minimum atomic E-state index is -0.232. The average molecular weight is 200 g/mol. The van der Waals surface area contributed by atoms with Gasteiger partial charge in [-0.2, -0.15) is 0 Å². The van der Waals surface area contributed by atoms with Gasteiger partial charge in [0.1, 0.15) is 0 Å². The minimum Gasteiger partial charge on any atom is -0.390 e. The van der Waals surface area contributed by atoms with E-state index >= 15 is 0 Å². The fraction of sp³-hybridized carbons (Fsp3) is 1.00. The Hall–Kier alpha value is -0.0800. The van der Waals surface area contributed by atoms with Gasteiger partial charge in [0.15, 0.2) is 0 Å². The molecule has 1 fully saturated rings. The molecule has 1 saturated carbocycles. The number of rotatable bonds is 5. The lowest BCUT2D eigenvalue weighted by Crippen LogP contribution is -2.29. The number of aliphatic hydroxyl groups excluding tert-OH is 1. The largest absolute Gasteiger partial charge is 0.390 e. The van der Waals surface area contributed by atoms with E-state index in [1.807, 2.05) is 0 Å². The van der Waals surface area contributed by atoms with E-state index in [2.05, 4.69) is 13.8 Å². The van der Waals surface area contributed by atoms with Crippen LogP contribution in [0.3, 0.4) is 0 Å². The maximum atomic E-state index is 9.89. The number of ether oxygens (including phenoxy) is 1. The molecule has 2 heteroatoms. The van der Waals surface area contributed by atoms with Gasteiger partial charge in [0.05, 0.1) is 18.8 Å². The van der Waals surface area contributed by atoms with Crippen molar-refractivity contribution in [3.63, 3.8) is 0 Å². The summed E-state index contributed by atoms with van der Waals surface area (Å²) >= 11 is 0. The van der Waals surface area contributed by atoms with Crippen molar-refractivity contribution in [3.8, 4) is 0 Å². The first kappa shape index (κ1) is 12.0. The Kier molecular flexibility index (Phi) is 5.49. The van der Waals surface area contributed by atoms with E-state index in [-0.39, 0.29) is 12.2 Å². The van der Waals surface area contributed by atoms with Crippen LogP contribution < -0.4 is 0 Å². The van der Waals surface area contributed by atoms with Crippen molar-refractivity contribution in [1.82, 2.24) is 0 Å². The Bertz CT molecular complexity index is 141. The molecule has 1 rings (SSSR count). The van der Waals surface area contributed by atoms with Crippen LogP contribution in [-0.2, 0) is 4.74 Å². The number of hydrogen-bond acceptors (Lipinski definition) is 2. The third-order valence-electron chi connectivity index (χ3n) is 3.32. The van der Waals surface area contributed by atoms with Gasteiger partial charge in [-0.25, -0.2) is 0 Å². The molecule has 0 aromatic heterocycles. The summed E-state index contributed by atoms with van der Waals surface area (Å²) in [7, 11) is 0. The van der Waals surface area contributed by atoms with Gasteiger partial charge < -0.3 is 9.84 Å². The second kappa shape index (κ2) is 6.41. The summed E-state index contributed by atoms with van der Waals surface area (Å²) in [5, 5.41) is 9.89. The van der Waals surface area contributed by atoms with Crippen molar-refractivity contribution in [3.05, 3.63) is 0 Å². The lowest BCUT2D eigenvalue weighted by molar-refractivity contribution is -0.0328. The Morgan fingerprint density at radius 1 is 1.29 bits per heavy atom. The number of aliphatic hydroxyl groups is 1. The van der Waals surface area contributed by atoms with Crippen LogP contribution in [0.25, 0.3) is 0 Å². The van der Waals surface area contributed by atoms with E-state index in [0.717, 1.165) is 6.42 Å². The van der Waals surface area contributed by atoms with Crippen LogP contribution in [-0.4, -0.2) is 23.9 Å². The van der Waals surface area contributed by atoms with E-state index < -0.39 is 0 Å². The molecule has 14 heavy (non-hydrogen) atoms. The normalized spacial score (nSPS) is 23.4. The SMILES string of the molecule is CCC(C)OCC(O)C1CCCCC1. The van der Waals surface area contributed by atoms with E-state index in [1.54, 1.807) is 0 Å². The smallest absolute Gasteiger partial charge is 0.0801 e. The molecule has 1 aliphatic rings. The third kappa shape index (κ3) is 3.97. The van der Waals surface area contributed by atoms with Crippen molar-refractivity contribution < 1.29 is 9.84 Å². The van der Waals surface area contributed by atoms with Crippen LogP contribution >= 0.6 is 0 Å². The first-order valence-electron chi connectivity index (χ1n) is 6.03. The molecule has 2 atom stereocenters. The van der Waals surface area contributed by atoms with Crippen LogP contribution in [0.4, 0.5) is 0 Å². The summed E-state index contributed by atoms with van der Waals surface area (Å²) < 4.78 is 5.56. The first-order chi connectivity index (χ1) is 6.74. The second-order valence-corrected chi connectivity index (χ2v) is 4.52. The van der Waals surface area contributed by atoms with E-state index in [4.69, 9.17) is 4.74 Å². The second-order valence-electron chi connectivity index (χ2n) is 4.52. The van der Waals surface area contributed by atoms with Crippen LogP contribution in [0.1, 0.15) is 52.4 Å². The van der Waals surface area contributed by atoms with Crippen molar-refractivity contribution in [1.29, 1.82) is 0 Å². The highest BCUT2D eigenvalue weighted by Gasteiger charge is 2.21. The molecule has 0 aromatic carbocycles. The first-order valence-corrected chi connectivity index (χ1v) is 6.03. The van der Waals surface area contributed by atoms with Crippen LogP contribution in [0.2, 0.25) is 0 Å². The summed E-state index contributed by atoms with van der Waals surface area (Å²) in [4.78, 5) is 0. The van der Waals surface area contributed by atoms with Gasteiger partial charge in [0, 0.05) is 0 Å². The molecular formula is C12H24O2. The van der Waals surface area contributed by atoms with E-state index in [9.17, 15) is 5.11 Å². The molecule has 1 aliphatic carbocycles. The van der Waals surface area contributed by atoms with Crippen molar-refractivity contribution >= 4 is 0 Å². The predicted molar refractivity (Wildman–Crippen MR) is 58.3 cm³/mol. The summed E-state index contributed by atoms with van der Waals surface area (Å²) in [5.74, 6) is 0.493. The molecule has 1 N–H and O–H groups in total. The lowest BCUT2D eigenvalue weighted by Gasteiger charge is -2.27. The third-order valence-corrected chi connectivity index (χ3v) is 3.32. The Balaban J connectivity index is 2.16. The highest BCUT2D eigenvalue weighted by atomic mass is 16.5. The quantitative estimate of drug-likeness (QED) is 0.739. The zero-order valence-electron chi connectivity index (χ0n) is 9.54. The van der Waals surface area contributed by atoms with E-state index in [0.29, 0.717) is 12.5 Å². The molecule has 0 bridgehead atoms. The molecule has 0 aromatic rings. The highest BCUT2D eigenvalue weighted by molar-refractivity contribution is 4.73. The minimum absolute atomic E-state index is 0.232. The van der Waals surface area contributed by atoms with Crippen LogP contribution in [0.15, 0.2) is 0 Å².